The first-order valence-corrected chi connectivity index (χ1v) is 7.52. The van der Waals surface area contributed by atoms with Gasteiger partial charge in [-0.15, -0.1) is 0 Å². The van der Waals surface area contributed by atoms with Crippen LogP contribution in [0.1, 0.15) is 25.0 Å². The lowest BCUT2D eigenvalue weighted by Gasteiger charge is -2.13. The molecule has 0 amide bonds. The molecule has 19 heavy (non-hydrogen) atoms. The minimum Gasteiger partial charge on any atom is -0.465 e. The molecule has 5 nitrogen and oxygen atoms in total. The Kier molecular flexibility index (Phi) is 5.08. The molecule has 0 saturated heterocycles. The van der Waals surface area contributed by atoms with Crippen molar-refractivity contribution in [3.05, 3.63) is 29.3 Å². The van der Waals surface area contributed by atoms with Crippen molar-refractivity contribution in [2.45, 2.75) is 38.6 Å². The molecule has 0 saturated carbocycles. The van der Waals surface area contributed by atoms with Gasteiger partial charge in [-0.3, -0.25) is 4.79 Å². The third-order valence-electron chi connectivity index (χ3n) is 2.48. The molecule has 0 aromatic heterocycles. The van der Waals surface area contributed by atoms with Gasteiger partial charge in [0, 0.05) is 0 Å². The topological polar surface area (TPSA) is 72.5 Å². The standard InChI is InChI=1S/C13H19NO4S/c1-5-18-13(15)11(4)14-19(16,17)12-7-9(2)6-10(3)8-12/h6-8,11,14H,5H2,1-4H3. The zero-order valence-electron chi connectivity index (χ0n) is 11.6. The zero-order chi connectivity index (χ0) is 14.6. The van der Waals surface area contributed by atoms with Crippen molar-refractivity contribution in [1.29, 1.82) is 0 Å². The van der Waals surface area contributed by atoms with Gasteiger partial charge < -0.3 is 4.74 Å². The van der Waals surface area contributed by atoms with E-state index in [1.165, 1.54) is 6.92 Å². The fourth-order valence-electron chi connectivity index (χ4n) is 1.70. The monoisotopic (exact) mass is 285 g/mol. The normalized spacial score (nSPS) is 13.1. The van der Waals surface area contributed by atoms with Crippen LogP contribution >= 0.6 is 0 Å². The molecule has 0 radical (unpaired) electrons. The molecule has 1 aromatic rings. The van der Waals surface area contributed by atoms with Crippen molar-refractivity contribution in [2.24, 2.45) is 0 Å². The number of hydrogen-bond donors (Lipinski definition) is 1. The molecule has 0 heterocycles. The van der Waals surface area contributed by atoms with E-state index in [1.807, 2.05) is 19.9 Å². The number of hydrogen-bond acceptors (Lipinski definition) is 4. The van der Waals surface area contributed by atoms with Crippen LogP contribution in [0.15, 0.2) is 23.1 Å². The van der Waals surface area contributed by atoms with E-state index in [4.69, 9.17) is 4.74 Å². The van der Waals surface area contributed by atoms with Crippen molar-refractivity contribution in [3.8, 4) is 0 Å². The minimum absolute atomic E-state index is 0.154. The summed E-state index contributed by atoms with van der Waals surface area (Å²) in [6.07, 6.45) is 0. The van der Waals surface area contributed by atoms with Crippen LogP contribution in [0.2, 0.25) is 0 Å². The van der Waals surface area contributed by atoms with E-state index in [0.717, 1.165) is 11.1 Å². The molecular formula is C13H19NO4S. The molecule has 1 unspecified atom stereocenters. The van der Waals surface area contributed by atoms with Crippen LogP contribution in [-0.4, -0.2) is 27.0 Å². The third-order valence-corrected chi connectivity index (χ3v) is 4.00. The van der Waals surface area contributed by atoms with Crippen molar-refractivity contribution in [3.63, 3.8) is 0 Å². The maximum Gasteiger partial charge on any atom is 0.323 e. The lowest BCUT2D eigenvalue weighted by Crippen LogP contribution is -2.39. The van der Waals surface area contributed by atoms with Crippen molar-refractivity contribution >= 4 is 16.0 Å². The van der Waals surface area contributed by atoms with Crippen LogP contribution in [0.4, 0.5) is 0 Å². The number of ether oxygens (including phenoxy) is 1. The Balaban J connectivity index is 2.95. The Labute approximate surface area is 114 Å². The molecule has 1 N–H and O–H groups in total. The maximum atomic E-state index is 12.1. The Hall–Kier alpha value is -1.40. The van der Waals surface area contributed by atoms with Gasteiger partial charge in [-0.1, -0.05) is 6.07 Å². The largest absolute Gasteiger partial charge is 0.465 e. The van der Waals surface area contributed by atoms with E-state index in [9.17, 15) is 13.2 Å². The number of aryl methyl sites for hydroxylation is 2. The molecule has 0 spiro atoms. The zero-order valence-corrected chi connectivity index (χ0v) is 12.4. The van der Waals surface area contributed by atoms with E-state index < -0.39 is 22.0 Å². The molecule has 0 aliphatic heterocycles. The van der Waals surface area contributed by atoms with E-state index >= 15 is 0 Å². The predicted octanol–water partition coefficient (Wildman–Crippen LogP) is 1.53. The predicted molar refractivity (Wildman–Crippen MR) is 72.3 cm³/mol. The number of carbonyl (C=O) groups excluding carboxylic acids is 1. The number of carbonyl (C=O) groups is 1. The molecule has 1 atom stereocenters. The number of benzene rings is 1. The Morgan fingerprint density at radius 1 is 1.26 bits per heavy atom. The first-order chi connectivity index (χ1) is 8.76. The first kappa shape index (κ1) is 15.7. The molecule has 1 rings (SSSR count). The Bertz CT molecular complexity index is 546. The van der Waals surface area contributed by atoms with Gasteiger partial charge in [0.15, 0.2) is 0 Å². The average molecular weight is 285 g/mol. The second-order valence-electron chi connectivity index (χ2n) is 4.42. The third kappa shape index (κ3) is 4.33. The van der Waals surface area contributed by atoms with E-state index in [0.29, 0.717) is 0 Å². The Morgan fingerprint density at radius 2 is 1.79 bits per heavy atom. The van der Waals surface area contributed by atoms with E-state index in [-0.39, 0.29) is 11.5 Å². The number of rotatable bonds is 5. The molecule has 6 heteroatoms. The molecule has 0 fully saturated rings. The molecule has 106 valence electrons. The summed E-state index contributed by atoms with van der Waals surface area (Å²) in [6.45, 7) is 6.98. The van der Waals surface area contributed by atoms with Gasteiger partial charge in [0.2, 0.25) is 10.0 Å². The van der Waals surface area contributed by atoms with E-state index in [1.54, 1.807) is 19.1 Å². The molecule has 0 aliphatic rings. The van der Waals surface area contributed by atoms with Crippen LogP contribution in [-0.2, 0) is 19.6 Å². The summed E-state index contributed by atoms with van der Waals surface area (Å²) in [5, 5.41) is 0. The number of sulfonamides is 1. The Morgan fingerprint density at radius 3 is 2.26 bits per heavy atom. The van der Waals surface area contributed by atoms with Gasteiger partial charge in [0.1, 0.15) is 6.04 Å². The van der Waals surface area contributed by atoms with Gasteiger partial charge >= 0.3 is 5.97 Å². The summed E-state index contributed by atoms with van der Waals surface area (Å²) in [5.74, 6) is -0.588. The highest BCUT2D eigenvalue weighted by Gasteiger charge is 2.23. The van der Waals surface area contributed by atoms with Gasteiger partial charge in [-0.05, 0) is 51.0 Å². The number of nitrogens with one attached hydrogen (secondary N) is 1. The van der Waals surface area contributed by atoms with Crippen molar-refractivity contribution in [1.82, 2.24) is 4.72 Å². The highest BCUT2D eigenvalue weighted by atomic mass is 32.2. The second kappa shape index (κ2) is 6.16. The molecular weight excluding hydrogens is 266 g/mol. The molecule has 1 aromatic carbocycles. The van der Waals surface area contributed by atoms with Gasteiger partial charge in [0.05, 0.1) is 11.5 Å². The fourth-order valence-corrected chi connectivity index (χ4v) is 3.08. The second-order valence-corrected chi connectivity index (χ2v) is 6.13. The SMILES string of the molecule is CCOC(=O)C(C)NS(=O)(=O)c1cc(C)cc(C)c1. The lowest BCUT2D eigenvalue weighted by atomic mass is 10.2. The van der Waals surface area contributed by atoms with Crippen LogP contribution in [0.3, 0.4) is 0 Å². The van der Waals surface area contributed by atoms with E-state index in [2.05, 4.69) is 4.72 Å². The quantitative estimate of drug-likeness (QED) is 0.833. The van der Waals surface area contributed by atoms with Crippen LogP contribution < -0.4 is 4.72 Å². The summed E-state index contributed by atoms with van der Waals surface area (Å²) in [7, 11) is -3.72. The highest BCUT2D eigenvalue weighted by molar-refractivity contribution is 7.89. The van der Waals surface area contributed by atoms with Gasteiger partial charge in [-0.2, -0.15) is 4.72 Å². The fraction of sp³-hybridized carbons (Fsp3) is 0.462. The first-order valence-electron chi connectivity index (χ1n) is 6.03. The smallest absolute Gasteiger partial charge is 0.323 e. The average Bonchev–Trinajstić information content (AvgIpc) is 2.27. The minimum atomic E-state index is -3.72. The van der Waals surface area contributed by atoms with Crippen molar-refractivity contribution in [2.75, 3.05) is 6.61 Å². The molecule has 0 aliphatic carbocycles. The van der Waals surface area contributed by atoms with Gasteiger partial charge in [0.25, 0.3) is 0 Å². The van der Waals surface area contributed by atoms with Gasteiger partial charge in [-0.25, -0.2) is 8.42 Å². The highest BCUT2D eigenvalue weighted by Crippen LogP contribution is 2.14. The summed E-state index contributed by atoms with van der Waals surface area (Å²) < 4.78 is 31.3. The van der Waals surface area contributed by atoms with Crippen LogP contribution in [0.5, 0.6) is 0 Å². The summed E-state index contributed by atoms with van der Waals surface area (Å²) in [4.78, 5) is 11.6. The maximum absolute atomic E-state index is 12.1. The lowest BCUT2D eigenvalue weighted by molar-refractivity contribution is -0.144. The van der Waals surface area contributed by atoms with Crippen molar-refractivity contribution < 1.29 is 17.9 Å². The summed E-state index contributed by atoms with van der Waals surface area (Å²) >= 11 is 0. The number of esters is 1. The summed E-state index contributed by atoms with van der Waals surface area (Å²) in [5.41, 5.74) is 1.70. The summed E-state index contributed by atoms with van der Waals surface area (Å²) in [6, 6.07) is 4.10. The van der Waals surface area contributed by atoms with Crippen LogP contribution in [0.25, 0.3) is 0 Å². The molecule has 0 bridgehead atoms. The van der Waals surface area contributed by atoms with Crippen LogP contribution in [0, 0.1) is 13.8 Å².